The monoisotopic (exact) mass is 512 g/mol. The normalized spacial score (nSPS) is 12.1. The van der Waals surface area contributed by atoms with Crippen LogP contribution in [0.5, 0.6) is 0 Å². The van der Waals surface area contributed by atoms with E-state index in [1.807, 2.05) is 36.0 Å². The maximum absolute atomic E-state index is 11.2. The van der Waals surface area contributed by atoms with Crippen molar-refractivity contribution in [3.63, 3.8) is 0 Å². The third kappa shape index (κ3) is 7.68. The number of aliphatic imine (C=N–C) groups is 1. The highest BCUT2D eigenvalue weighted by Gasteiger charge is 2.14. The van der Waals surface area contributed by atoms with E-state index in [0.29, 0.717) is 6.54 Å². The Bertz CT molecular complexity index is 846. The van der Waals surface area contributed by atoms with Gasteiger partial charge in [0.1, 0.15) is 0 Å². The maximum Gasteiger partial charge on any atom is 0.221 e. The van der Waals surface area contributed by atoms with Gasteiger partial charge in [-0.25, -0.2) is 4.99 Å². The summed E-state index contributed by atoms with van der Waals surface area (Å²) in [5, 5.41) is 14.1. The molecule has 1 amide bonds. The quantitative estimate of drug-likeness (QED) is 0.302. The first-order valence-corrected chi connectivity index (χ1v) is 9.70. The van der Waals surface area contributed by atoms with Crippen LogP contribution in [0.2, 0.25) is 0 Å². The number of aryl methyl sites for hydroxylation is 2. The Hall–Kier alpha value is -2.10. The van der Waals surface area contributed by atoms with Gasteiger partial charge in [-0.05, 0) is 57.4 Å². The fraction of sp³-hybridized carbons (Fsp3) is 0.476. The number of nitrogens with one attached hydrogen (secondary N) is 3. The Kier molecular flexibility index (Phi) is 10.1. The summed E-state index contributed by atoms with van der Waals surface area (Å²) in [5.74, 6) is 0.699. The molecule has 0 saturated heterocycles. The minimum atomic E-state index is -0.0783. The molecule has 2 aromatic rings. The standard InChI is InChI=1S/C21H32N6O.HI/c1-7-22-21(23-13-18-9-8-10-19(12-18)25-17(5)28)24-14(2)11-20-15(3)26-27(6)16(20)4;/h8-10,12,14H,7,11,13H2,1-6H3,(H,25,28)(H2,22,23,24);1H. The molecule has 1 atom stereocenters. The minimum absolute atomic E-state index is 0. The van der Waals surface area contributed by atoms with Crippen molar-refractivity contribution in [3.05, 3.63) is 46.8 Å². The van der Waals surface area contributed by atoms with Gasteiger partial charge in [-0.15, -0.1) is 24.0 Å². The lowest BCUT2D eigenvalue weighted by atomic mass is 10.1. The van der Waals surface area contributed by atoms with E-state index in [0.717, 1.165) is 35.9 Å². The summed E-state index contributed by atoms with van der Waals surface area (Å²) in [6, 6.07) is 7.96. The first kappa shape index (κ1) is 24.9. The van der Waals surface area contributed by atoms with Crippen LogP contribution in [-0.2, 0) is 24.8 Å². The van der Waals surface area contributed by atoms with Crippen molar-refractivity contribution in [1.29, 1.82) is 0 Å². The maximum atomic E-state index is 11.2. The molecule has 1 unspecified atom stereocenters. The molecule has 0 aliphatic rings. The highest BCUT2D eigenvalue weighted by molar-refractivity contribution is 14.0. The molecule has 0 bridgehead atoms. The van der Waals surface area contributed by atoms with Crippen molar-refractivity contribution >= 4 is 41.5 Å². The van der Waals surface area contributed by atoms with Gasteiger partial charge in [0, 0.05) is 37.9 Å². The van der Waals surface area contributed by atoms with Gasteiger partial charge in [0.15, 0.2) is 5.96 Å². The van der Waals surface area contributed by atoms with Crippen LogP contribution < -0.4 is 16.0 Å². The van der Waals surface area contributed by atoms with Gasteiger partial charge < -0.3 is 16.0 Å². The highest BCUT2D eigenvalue weighted by atomic mass is 127. The molecule has 8 heteroatoms. The van der Waals surface area contributed by atoms with Crippen molar-refractivity contribution < 1.29 is 4.79 Å². The van der Waals surface area contributed by atoms with E-state index in [9.17, 15) is 4.79 Å². The highest BCUT2D eigenvalue weighted by Crippen LogP contribution is 2.14. The Labute approximate surface area is 190 Å². The van der Waals surface area contributed by atoms with Crippen molar-refractivity contribution in [2.75, 3.05) is 11.9 Å². The molecule has 3 N–H and O–H groups in total. The van der Waals surface area contributed by atoms with Crippen molar-refractivity contribution in [1.82, 2.24) is 20.4 Å². The zero-order chi connectivity index (χ0) is 20.7. The van der Waals surface area contributed by atoms with Crippen molar-refractivity contribution in [2.24, 2.45) is 12.0 Å². The summed E-state index contributed by atoms with van der Waals surface area (Å²) in [4.78, 5) is 15.9. The number of hydrogen-bond acceptors (Lipinski definition) is 3. The van der Waals surface area contributed by atoms with Crippen LogP contribution >= 0.6 is 24.0 Å². The molecule has 7 nitrogen and oxygen atoms in total. The summed E-state index contributed by atoms with van der Waals surface area (Å²) in [6.07, 6.45) is 0.883. The molecule has 0 fully saturated rings. The van der Waals surface area contributed by atoms with Crippen molar-refractivity contribution in [3.8, 4) is 0 Å². The zero-order valence-corrected chi connectivity index (χ0v) is 20.5. The molecule has 0 radical (unpaired) electrons. The third-order valence-corrected chi connectivity index (χ3v) is 4.56. The number of aromatic nitrogens is 2. The van der Waals surface area contributed by atoms with Crippen LogP contribution in [0.3, 0.4) is 0 Å². The molecule has 1 heterocycles. The molecular weight excluding hydrogens is 479 g/mol. The molecule has 2 rings (SSSR count). The Morgan fingerprint density at radius 3 is 2.62 bits per heavy atom. The van der Waals surface area contributed by atoms with Crippen molar-refractivity contribution in [2.45, 2.75) is 53.6 Å². The Morgan fingerprint density at radius 2 is 2.03 bits per heavy atom. The number of carbonyl (C=O) groups excluding carboxylic acids is 1. The molecule has 160 valence electrons. The summed E-state index contributed by atoms with van der Waals surface area (Å²) in [7, 11) is 1.98. The van der Waals surface area contributed by atoms with Gasteiger partial charge in [0.25, 0.3) is 0 Å². The fourth-order valence-corrected chi connectivity index (χ4v) is 3.14. The number of nitrogens with zero attached hydrogens (tertiary/aromatic N) is 3. The van der Waals surface area contributed by atoms with Crippen LogP contribution in [0, 0.1) is 13.8 Å². The first-order valence-electron chi connectivity index (χ1n) is 9.70. The first-order chi connectivity index (χ1) is 13.3. The van der Waals surface area contributed by atoms with E-state index in [1.165, 1.54) is 18.2 Å². The number of hydrogen-bond donors (Lipinski definition) is 3. The fourth-order valence-electron chi connectivity index (χ4n) is 3.14. The van der Waals surface area contributed by atoms with Crippen LogP contribution in [-0.4, -0.2) is 34.2 Å². The van der Waals surface area contributed by atoms with Crippen LogP contribution in [0.1, 0.15) is 43.3 Å². The number of carbonyl (C=O) groups is 1. The Balaban J connectivity index is 0.00000420. The SMILES string of the molecule is CCNC(=NCc1cccc(NC(C)=O)c1)NC(C)Cc1c(C)nn(C)c1C.I. The summed E-state index contributed by atoms with van der Waals surface area (Å²) >= 11 is 0. The van der Waals surface area contributed by atoms with E-state index >= 15 is 0 Å². The van der Waals surface area contributed by atoms with E-state index < -0.39 is 0 Å². The third-order valence-electron chi connectivity index (χ3n) is 4.56. The lowest BCUT2D eigenvalue weighted by Gasteiger charge is -2.18. The number of benzene rings is 1. The summed E-state index contributed by atoms with van der Waals surface area (Å²) in [5.41, 5.74) is 5.37. The van der Waals surface area contributed by atoms with Gasteiger partial charge in [0.2, 0.25) is 5.91 Å². The second kappa shape index (κ2) is 11.8. The summed E-state index contributed by atoms with van der Waals surface area (Å²) < 4.78 is 1.93. The molecule has 0 saturated carbocycles. The van der Waals surface area contributed by atoms with E-state index in [-0.39, 0.29) is 35.9 Å². The van der Waals surface area contributed by atoms with E-state index in [4.69, 9.17) is 4.99 Å². The van der Waals surface area contributed by atoms with Gasteiger partial charge >= 0.3 is 0 Å². The number of rotatable bonds is 7. The lowest BCUT2D eigenvalue weighted by Crippen LogP contribution is -2.43. The number of anilines is 1. The topological polar surface area (TPSA) is 83.3 Å². The number of amides is 1. The Morgan fingerprint density at radius 1 is 1.31 bits per heavy atom. The average Bonchev–Trinajstić information content (AvgIpc) is 2.86. The summed E-state index contributed by atoms with van der Waals surface area (Å²) in [6.45, 7) is 11.2. The molecule has 0 aliphatic heterocycles. The molecule has 1 aromatic heterocycles. The molecule has 29 heavy (non-hydrogen) atoms. The predicted molar refractivity (Wildman–Crippen MR) is 130 cm³/mol. The van der Waals surface area contributed by atoms with Gasteiger partial charge in [-0.1, -0.05) is 12.1 Å². The smallest absolute Gasteiger partial charge is 0.221 e. The zero-order valence-electron chi connectivity index (χ0n) is 18.2. The molecule has 0 spiro atoms. The number of guanidine groups is 1. The van der Waals surface area contributed by atoms with Crippen LogP contribution in [0.25, 0.3) is 0 Å². The van der Waals surface area contributed by atoms with Gasteiger partial charge in [-0.3, -0.25) is 9.48 Å². The van der Waals surface area contributed by atoms with Crippen LogP contribution in [0.4, 0.5) is 5.69 Å². The minimum Gasteiger partial charge on any atom is -0.357 e. The molecule has 0 aliphatic carbocycles. The average molecular weight is 512 g/mol. The van der Waals surface area contributed by atoms with Gasteiger partial charge in [0.05, 0.1) is 12.2 Å². The van der Waals surface area contributed by atoms with E-state index in [2.05, 4.69) is 48.7 Å². The molecule has 1 aromatic carbocycles. The lowest BCUT2D eigenvalue weighted by molar-refractivity contribution is -0.114. The van der Waals surface area contributed by atoms with Crippen LogP contribution in [0.15, 0.2) is 29.3 Å². The predicted octanol–water partition coefficient (Wildman–Crippen LogP) is 3.30. The van der Waals surface area contributed by atoms with E-state index in [1.54, 1.807) is 0 Å². The second-order valence-electron chi connectivity index (χ2n) is 7.10. The number of halogens is 1. The molecular formula is C21H33IN6O. The second-order valence-corrected chi connectivity index (χ2v) is 7.10. The van der Waals surface area contributed by atoms with Gasteiger partial charge in [-0.2, -0.15) is 5.10 Å². The largest absolute Gasteiger partial charge is 0.357 e.